The van der Waals surface area contributed by atoms with Crippen LogP contribution in [0.4, 0.5) is 4.39 Å². The lowest BCUT2D eigenvalue weighted by atomic mass is 10.0. The maximum Gasteiger partial charge on any atom is 0.126 e. The Morgan fingerprint density at radius 2 is 1.94 bits per heavy atom. The molecule has 1 rings (SSSR count). The second kappa shape index (κ2) is 6.00. The summed E-state index contributed by atoms with van der Waals surface area (Å²) in [5, 5.41) is 3.34. The molecule has 0 unspecified atom stereocenters. The first-order chi connectivity index (χ1) is 7.50. The van der Waals surface area contributed by atoms with Crippen LogP contribution in [0.5, 0.6) is 0 Å². The molecule has 0 atom stereocenters. The van der Waals surface area contributed by atoms with Crippen molar-refractivity contribution in [1.29, 1.82) is 0 Å². The lowest BCUT2D eigenvalue weighted by Crippen LogP contribution is -2.22. The van der Waals surface area contributed by atoms with Gasteiger partial charge in [0.25, 0.3) is 0 Å². The molecule has 0 aromatic heterocycles. The monoisotopic (exact) mass is 223 g/mol. The number of benzene rings is 1. The van der Waals surface area contributed by atoms with E-state index in [9.17, 15) is 4.39 Å². The van der Waals surface area contributed by atoms with E-state index in [0.717, 1.165) is 36.2 Å². The van der Waals surface area contributed by atoms with Crippen molar-refractivity contribution in [3.05, 3.63) is 34.6 Å². The molecule has 0 aliphatic heterocycles. The van der Waals surface area contributed by atoms with Gasteiger partial charge in [0.05, 0.1) is 0 Å². The van der Waals surface area contributed by atoms with Crippen LogP contribution < -0.4 is 5.32 Å². The molecule has 90 valence electrons. The van der Waals surface area contributed by atoms with Crippen molar-refractivity contribution in [3.63, 3.8) is 0 Å². The maximum absolute atomic E-state index is 13.7. The first-order valence-corrected chi connectivity index (χ1v) is 5.97. The zero-order valence-electron chi connectivity index (χ0n) is 10.7. The van der Waals surface area contributed by atoms with E-state index in [-0.39, 0.29) is 5.82 Å². The first-order valence-electron chi connectivity index (χ1n) is 5.97. The Morgan fingerprint density at radius 3 is 2.50 bits per heavy atom. The molecule has 0 saturated carbocycles. The van der Waals surface area contributed by atoms with Gasteiger partial charge in [0.15, 0.2) is 0 Å². The molecule has 1 aromatic rings. The molecule has 0 aliphatic rings. The van der Waals surface area contributed by atoms with Crippen LogP contribution in [0.15, 0.2) is 12.1 Å². The summed E-state index contributed by atoms with van der Waals surface area (Å²) in [5.74, 6) is 0.577. The minimum atomic E-state index is -0.0659. The van der Waals surface area contributed by atoms with Crippen molar-refractivity contribution in [1.82, 2.24) is 5.32 Å². The molecule has 0 heterocycles. The van der Waals surface area contributed by atoms with E-state index in [1.165, 1.54) is 0 Å². The van der Waals surface area contributed by atoms with Crippen molar-refractivity contribution in [3.8, 4) is 0 Å². The van der Waals surface area contributed by atoms with Crippen LogP contribution >= 0.6 is 0 Å². The van der Waals surface area contributed by atoms with Crippen LogP contribution in [0.25, 0.3) is 0 Å². The maximum atomic E-state index is 13.7. The first kappa shape index (κ1) is 13.2. The zero-order chi connectivity index (χ0) is 12.1. The number of hydrogen-bond acceptors (Lipinski definition) is 1. The minimum Gasteiger partial charge on any atom is -0.316 e. The predicted octanol–water partition coefficient (Wildman–Crippen LogP) is 3.23. The molecule has 0 radical (unpaired) electrons. The summed E-state index contributed by atoms with van der Waals surface area (Å²) in [7, 11) is 0. The van der Waals surface area contributed by atoms with Gasteiger partial charge in [-0.25, -0.2) is 4.39 Å². The van der Waals surface area contributed by atoms with Crippen LogP contribution in [0, 0.1) is 25.6 Å². The fraction of sp³-hybridized carbons (Fsp3) is 0.571. The summed E-state index contributed by atoms with van der Waals surface area (Å²) in [6.45, 7) is 10.1. The average Bonchev–Trinajstić information content (AvgIpc) is 2.14. The fourth-order valence-corrected chi connectivity index (χ4v) is 1.87. The lowest BCUT2D eigenvalue weighted by Gasteiger charge is -2.10. The van der Waals surface area contributed by atoms with E-state index >= 15 is 0 Å². The predicted molar refractivity (Wildman–Crippen MR) is 67.3 cm³/mol. The van der Waals surface area contributed by atoms with Crippen molar-refractivity contribution >= 4 is 0 Å². The van der Waals surface area contributed by atoms with Gasteiger partial charge in [0.2, 0.25) is 0 Å². The second-order valence-corrected chi connectivity index (χ2v) is 4.89. The Hall–Kier alpha value is -0.890. The third-order valence-corrected chi connectivity index (χ3v) is 2.67. The summed E-state index contributed by atoms with van der Waals surface area (Å²) in [5.41, 5.74) is 2.90. The van der Waals surface area contributed by atoms with Gasteiger partial charge in [-0.15, -0.1) is 0 Å². The van der Waals surface area contributed by atoms with Crippen LogP contribution in [0.1, 0.15) is 30.5 Å². The van der Waals surface area contributed by atoms with Gasteiger partial charge < -0.3 is 5.32 Å². The number of aryl methyl sites for hydroxylation is 2. The minimum absolute atomic E-state index is 0.0659. The van der Waals surface area contributed by atoms with Crippen molar-refractivity contribution in [2.75, 3.05) is 13.1 Å². The van der Waals surface area contributed by atoms with Crippen LogP contribution in [-0.2, 0) is 6.42 Å². The highest BCUT2D eigenvalue weighted by Gasteiger charge is 2.06. The molecule has 0 saturated heterocycles. The Kier molecular flexibility index (Phi) is 4.94. The number of hydrogen-bond donors (Lipinski definition) is 1. The molecular formula is C14H22FN. The zero-order valence-corrected chi connectivity index (χ0v) is 10.7. The van der Waals surface area contributed by atoms with Crippen LogP contribution in [-0.4, -0.2) is 13.1 Å². The van der Waals surface area contributed by atoms with E-state index in [4.69, 9.17) is 0 Å². The summed E-state index contributed by atoms with van der Waals surface area (Å²) >= 11 is 0. The summed E-state index contributed by atoms with van der Waals surface area (Å²) in [4.78, 5) is 0. The third-order valence-electron chi connectivity index (χ3n) is 2.67. The van der Waals surface area contributed by atoms with E-state index in [0.29, 0.717) is 5.92 Å². The van der Waals surface area contributed by atoms with Crippen molar-refractivity contribution in [2.24, 2.45) is 5.92 Å². The molecule has 1 N–H and O–H groups in total. The second-order valence-electron chi connectivity index (χ2n) is 4.89. The van der Waals surface area contributed by atoms with E-state index < -0.39 is 0 Å². The number of nitrogens with one attached hydrogen (secondary N) is 1. The normalized spacial score (nSPS) is 11.1. The Bertz CT molecular complexity index is 322. The van der Waals surface area contributed by atoms with Crippen LogP contribution in [0.2, 0.25) is 0 Å². The van der Waals surface area contributed by atoms with Gasteiger partial charge in [-0.1, -0.05) is 19.9 Å². The highest BCUT2D eigenvalue weighted by atomic mass is 19.1. The summed E-state index contributed by atoms with van der Waals surface area (Å²) in [6.07, 6.45) is 0.769. The van der Waals surface area contributed by atoms with Crippen molar-refractivity contribution in [2.45, 2.75) is 34.1 Å². The quantitative estimate of drug-likeness (QED) is 0.756. The number of halogens is 1. The molecule has 16 heavy (non-hydrogen) atoms. The SMILES string of the molecule is Cc1cc(C)c(CCNCC(C)C)c(F)c1. The van der Waals surface area contributed by atoms with E-state index in [2.05, 4.69) is 19.2 Å². The highest BCUT2D eigenvalue weighted by molar-refractivity contribution is 5.32. The molecule has 1 aromatic carbocycles. The summed E-state index contributed by atoms with van der Waals surface area (Å²) < 4.78 is 13.7. The molecule has 0 aliphatic carbocycles. The molecule has 1 nitrogen and oxygen atoms in total. The smallest absolute Gasteiger partial charge is 0.126 e. The highest BCUT2D eigenvalue weighted by Crippen LogP contribution is 2.15. The molecule has 2 heteroatoms. The van der Waals surface area contributed by atoms with Crippen molar-refractivity contribution < 1.29 is 4.39 Å². The van der Waals surface area contributed by atoms with Gasteiger partial charge in [-0.3, -0.25) is 0 Å². The van der Waals surface area contributed by atoms with Gasteiger partial charge in [-0.05, 0) is 62.0 Å². The molecular weight excluding hydrogens is 201 g/mol. The van der Waals surface area contributed by atoms with Crippen LogP contribution in [0.3, 0.4) is 0 Å². The van der Waals surface area contributed by atoms with Gasteiger partial charge in [0.1, 0.15) is 5.82 Å². The third kappa shape index (κ3) is 3.93. The molecule has 0 bridgehead atoms. The molecule has 0 spiro atoms. The van der Waals surface area contributed by atoms with Gasteiger partial charge in [-0.2, -0.15) is 0 Å². The standard InChI is InChI=1S/C14H22FN/c1-10(2)9-16-6-5-13-12(4)7-11(3)8-14(13)15/h7-8,10,16H,5-6,9H2,1-4H3. The number of rotatable bonds is 5. The largest absolute Gasteiger partial charge is 0.316 e. The molecule has 0 amide bonds. The Morgan fingerprint density at radius 1 is 1.25 bits per heavy atom. The summed E-state index contributed by atoms with van der Waals surface area (Å²) in [6, 6.07) is 3.66. The molecule has 0 fully saturated rings. The van der Waals surface area contributed by atoms with Gasteiger partial charge >= 0.3 is 0 Å². The fourth-order valence-electron chi connectivity index (χ4n) is 1.87. The Labute approximate surface area is 98.1 Å². The average molecular weight is 223 g/mol. The van der Waals surface area contributed by atoms with E-state index in [1.807, 2.05) is 19.9 Å². The Balaban J connectivity index is 2.54. The topological polar surface area (TPSA) is 12.0 Å². The van der Waals surface area contributed by atoms with E-state index in [1.54, 1.807) is 6.07 Å². The lowest BCUT2D eigenvalue weighted by molar-refractivity contribution is 0.545. The van der Waals surface area contributed by atoms with Gasteiger partial charge in [0, 0.05) is 0 Å².